The highest BCUT2D eigenvalue weighted by Crippen LogP contribution is 2.21. The third-order valence-corrected chi connectivity index (χ3v) is 2.47. The molecule has 0 saturated carbocycles. The first-order valence-electron chi connectivity index (χ1n) is 4.91. The van der Waals surface area contributed by atoms with Crippen LogP contribution >= 0.6 is 0 Å². The Morgan fingerprint density at radius 3 is 2.47 bits per heavy atom. The van der Waals surface area contributed by atoms with Crippen molar-refractivity contribution in [2.75, 3.05) is 13.7 Å². The number of carbonyl (C=O) groups is 1. The molecule has 0 aromatic carbocycles. The molecule has 0 radical (unpaired) electrons. The van der Waals surface area contributed by atoms with Gasteiger partial charge in [-0.3, -0.25) is 5.21 Å². The molecule has 0 aromatic rings. The fourth-order valence-corrected chi connectivity index (χ4v) is 1.51. The van der Waals surface area contributed by atoms with E-state index in [9.17, 15) is 20.1 Å². The van der Waals surface area contributed by atoms with E-state index in [1.807, 2.05) is 0 Å². The zero-order chi connectivity index (χ0) is 13.0. The molecule has 5 atom stereocenters. The Morgan fingerprint density at radius 1 is 1.29 bits per heavy atom. The first-order valence-corrected chi connectivity index (χ1v) is 4.91. The molecule has 17 heavy (non-hydrogen) atoms. The molecule has 1 aliphatic rings. The maximum absolute atomic E-state index is 10.7. The number of aliphatic hydroxyl groups excluding tert-OH is 3. The Balaban J connectivity index is 2.56. The van der Waals surface area contributed by atoms with E-state index >= 15 is 0 Å². The van der Waals surface area contributed by atoms with Gasteiger partial charge in [-0.2, -0.15) is 0 Å². The highest BCUT2D eigenvalue weighted by Gasteiger charge is 2.43. The van der Waals surface area contributed by atoms with Crippen molar-refractivity contribution >= 4 is 6.03 Å². The van der Waals surface area contributed by atoms with Gasteiger partial charge in [0.05, 0.1) is 0 Å². The highest BCUT2D eigenvalue weighted by molar-refractivity contribution is 5.72. The largest absolute Gasteiger partial charge is 0.388 e. The van der Waals surface area contributed by atoms with Gasteiger partial charge < -0.3 is 30.1 Å². The van der Waals surface area contributed by atoms with Crippen LogP contribution in [0.5, 0.6) is 0 Å². The van der Waals surface area contributed by atoms with Crippen LogP contribution in [-0.4, -0.2) is 70.9 Å². The standard InChI is InChI=1S/C8H16N2O7/c1-16-7-6(13)5(12)4(11)3(17-7)2-9-8(14)10-15/h3-7,11-13,15H,2H2,1H3,(H2,9,10,14)/t3-,4-,5+,6-,7+/m1/s1. The Kier molecular flexibility index (Phi) is 5.05. The van der Waals surface area contributed by atoms with Gasteiger partial charge in [0.25, 0.3) is 0 Å². The van der Waals surface area contributed by atoms with Gasteiger partial charge in [0.15, 0.2) is 6.29 Å². The maximum Gasteiger partial charge on any atom is 0.338 e. The summed E-state index contributed by atoms with van der Waals surface area (Å²) in [5.74, 6) is 0. The number of hydroxylamine groups is 1. The molecule has 2 amide bonds. The maximum atomic E-state index is 10.7. The summed E-state index contributed by atoms with van der Waals surface area (Å²) in [7, 11) is 1.27. The Labute approximate surface area is 96.9 Å². The average Bonchev–Trinajstić information content (AvgIpc) is 2.34. The summed E-state index contributed by atoms with van der Waals surface area (Å²) in [6.07, 6.45) is -6.26. The fourth-order valence-electron chi connectivity index (χ4n) is 1.51. The minimum atomic E-state index is -1.45. The fraction of sp³-hybridized carbons (Fsp3) is 0.875. The zero-order valence-electron chi connectivity index (χ0n) is 9.11. The number of hydrogen-bond acceptors (Lipinski definition) is 7. The Hall–Kier alpha value is -0.970. The van der Waals surface area contributed by atoms with Crippen LogP contribution in [0.25, 0.3) is 0 Å². The first-order chi connectivity index (χ1) is 8.01. The number of ether oxygens (including phenoxy) is 2. The SMILES string of the molecule is CO[C@H]1O[C@H](CNC(=O)NO)[C@@H](O)[C@H](O)[C@H]1O. The predicted molar refractivity (Wildman–Crippen MR) is 52.0 cm³/mol. The van der Waals surface area contributed by atoms with Crippen LogP contribution in [0.3, 0.4) is 0 Å². The lowest BCUT2D eigenvalue weighted by molar-refractivity contribution is -0.288. The second kappa shape index (κ2) is 6.10. The van der Waals surface area contributed by atoms with Gasteiger partial charge in [-0.15, -0.1) is 0 Å². The van der Waals surface area contributed by atoms with Crippen LogP contribution in [0.15, 0.2) is 0 Å². The molecule has 1 aliphatic heterocycles. The normalized spacial score (nSPS) is 37.6. The number of amides is 2. The molecule has 9 nitrogen and oxygen atoms in total. The van der Waals surface area contributed by atoms with Crippen molar-refractivity contribution in [3.8, 4) is 0 Å². The Morgan fingerprint density at radius 2 is 1.94 bits per heavy atom. The molecule has 0 bridgehead atoms. The van der Waals surface area contributed by atoms with Crippen LogP contribution in [0.1, 0.15) is 0 Å². The second-order valence-electron chi connectivity index (χ2n) is 3.57. The van der Waals surface area contributed by atoms with Crippen LogP contribution < -0.4 is 10.8 Å². The molecule has 0 aromatic heterocycles. The van der Waals surface area contributed by atoms with Crippen LogP contribution in [0.4, 0.5) is 4.79 Å². The van der Waals surface area contributed by atoms with Crippen molar-refractivity contribution in [1.82, 2.24) is 10.8 Å². The predicted octanol–water partition coefficient (Wildman–Crippen LogP) is -2.87. The lowest BCUT2D eigenvalue weighted by Gasteiger charge is -2.39. The molecule has 1 rings (SSSR count). The average molecular weight is 252 g/mol. The first kappa shape index (κ1) is 14.1. The van der Waals surface area contributed by atoms with Gasteiger partial charge in [0.1, 0.15) is 24.4 Å². The van der Waals surface area contributed by atoms with E-state index in [1.54, 1.807) is 0 Å². The number of rotatable bonds is 3. The number of aliphatic hydroxyl groups is 3. The highest BCUT2D eigenvalue weighted by atomic mass is 16.7. The van der Waals surface area contributed by atoms with E-state index in [0.29, 0.717) is 0 Å². The summed E-state index contributed by atoms with van der Waals surface area (Å²) < 4.78 is 9.88. The third-order valence-electron chi connectivity index (χ3n) is 2.47. The van der Waals surface area contributed by atoms with Gasteiger partial charge in [0.2, 0.25) is 0 Å². The van der Waals surface area contributed by atoms with E-state index in [1.165, 1.54) is 12.6 Å². The van der Waals surface area contributed by atoms with Gasteiger partial charge in [-0.1, -0.05) is 0 Å². The molecular weight excluding hydrogens is 236 g/mol. The van der Waals surface area contributed by atoms with Gasteiger partial charge in [-0.25, -0.2) is 10.3 Å². The second-order valence-corrected chi connectivity index (χ2v) is 3.57. The smallest absolute Gasteiger partial charge is 0.338 e. The summed E-state index contributed by atoms with van der Waals surface area (Å²) >= 11 is 0. The number of carbonyl (C=O) groups excluding carboxylic acids is 1. The van der Waals surface area contributed by atoms with E-state index in [-0.39, 0.29) is 6.54 Å². The van der Waals surface area contributed by atoms with Crippen LogP contribution in [0, 0.1) is 0 Å². The van der Waals surface area contributed by atoms with Crippen LogP contribution in [-0.2, 0) is 9.47 Å². The molecule has 1 saturated heterocycles. The molecule has 1 heterocycles. The summed E-state index contributed by atoms with van der Waals surface area (Å²) in [4.78, 5) is 10.7. The van der Waals surface area contributed by atoms with E-state index in [2.05, 4.69) is 5.32 Å². The van der Waals surface area contributed by atoms with Gasteiger partial charge >= 0.3 is 6.03 Å². The molecule has 6 N–H and O–H groups in total. The van der Waals surface area contributed by atoms with Gasteiger partial charge in [0, 0.05) is 13.7 Å². The molecule has 100 valence electrons. The molecule has 0 unspecified atom stereocenters. The Bertz CT molecular complexity index is 262. The van der Waals surface area contributed by atoms with Gasteiger partial charge in [-0.05, 0) is 0 Å². The monoisotopic (exact) mass is 252 g/mol. The number of hydrogen-bond donors (Lipinski definition) is 6. The van der Waals surface area contributed by atoms with Crippen molar-refractivity contribution in [3.63, 3.8) is 0 Å². The minimum absolute atomic E-state index is 0.169. The van der Waals surface area contributed by atoms with E-state index < -0.39 is 36.7 Å². The van der Waals surface area contributed by atoms with Crippen molar-refractivity contribution in [1.29, 1.82) is 0 Å². The minimum Gasteiger partial charge on any atom is -0.388 e. The molecule has 9 heteroatoms. The lowest BCUT2D eigenvalue weighted by atomic mass is 9.99. The van der Waals surface area contributed by atoms with Crippen molar-refractivity contribution in [3.05, 3.63) is 0 Å². The molecular formula is C8H16N2O7. The molecule has 0 aliphatic carbocycles. The summed E-state index contributed by atoms with van der Waals surface area (Å²) in [6, 6.07) is -0.879. The molecule has 0 spiro atoms. The number of methoxy groups -OCH3 is 1. The summed E-state index contributed by atoms with van der Waals surface area (Å²) in [5.41, 5.74) is 1.33. The summed E-state index contributed by atoms with van der Waals surface area (Å²) in [6.45, 7) is -0.169. The number of nitrogens with one attached hydrogen (secondary N) is 2. The van der Waals surface area contributed by atoms with E-state index in [0.717, 1.165) is 0 Å². The topological polar surface area (TPSA) is 141 Å². The quantitative estimate of drug-likeness (QED) is 0.234. The van der Waals surface area contributed by atoms with Crippen molar-refractivity contribution in [2.45, 2.75) is 30.7 Å². The number of urea groups is 1. The summed E-state index contributed by atoms with van der Waals surface area (Å²) in [5, 5.41) is 39.0. The zero-order valence-corrected chi connectivity index (χ0v) is 9.11. The third kappa shape index (κ3) is 3.25. The lowest BCUT2D eigenvalue weighted by Crippen LogP contribution is -2.60. The van der Waals surface area contributed by atoms with Crippen molar-refractivity contribution in [2.24, 2.45) is 0 Å². The van der Waals surface area contributed by atoms with Crippen molar-refractivity contribution < 1.29 is 34.8 Å². The van der Waals surface area contributed by atoms with Crippen LogP contribution in [0.2, 0.25) is 0 Å². The molecule has 1 fully saturated rings. The van der Waals surface area contributed by atoms with E-state index in [4.69, 9.17) is 14.7 Å².